The molecule has 0 spiro atoms. The summed E-state index contributed by atoms with van der Waals surface area (Å²) in [6, 6.07) is 1.80. The van der Waals surface area contributed by atoms with E-state index in [1.807, 2.05) is 13.8 Å². The molecule has 3 amide bonds. The number of guanidine groups is 1. The Bertz CT molecular complexity index is 993. The summed E-state index contributed by atoms with van der Waals surface area (Å²) in [5.41, 5.74) is 17.1. The van der Waals surface area contributed by atoms with Crippen LogP contribution >= 0.6 is 0 Å². The molecule has 0 saturated heterocycles. The Morgan fingerprint density at radius 2 is 1.49 bits per heavy atom. The summed E-state index contributed by atoms with van der Waals surface area (Å²) >= 11 is 0. The maximum Gasteiger partial charge on any atom is 0.326 e. The van der Waals surface area contributed by atoms with Crippen molar-refractivity contribution in [2.75, 3.05) is 6.54 Å². The van der Waals surface area contributed by atoms with E-state index in [1.165, 1.54) is 12.1 Å². The second-order valence-electron chi connectivity index (χ2n) is 10.2. The Morgan fingerprint density at radius 1 is 0.897 bits per heavy atom. The highest BCUT2D eigenvalue weighted by Gasteiger charge is 2.32. The molecule has 1 aromatic carbocycles. The zero-order chi connectivity index (χ0) is 29.7. The minimum atomic E-state index is -1.26. The Labute approximate surface area is 229 Å². The van der Waals surface area contributed by atoms with Crippen LogP contribution in [0.1, 0.15) is 52.5 Å². The van der Waals surface area contributed by atoms with Crippen LogP contribution in [0.2, 0.25) is 0 Å². The summed E-state index contributed by atoms with van der Waals surface area (Å²) in [6.07, 6.45) is 1.04. The fourth-order valence-electron chi connectivity index (χ4n) is 3.75. The number of hydrogen-bond acceptors (Lipinski definition) is 7. The number of carbonyl (C=O) groups is 4. The molecule has 0 saturated carbocycles. The van der Waals surface area contributed by atoms with Crippen LogP contribution in [0.15, 0.2) is 29.3 Å². The number of aromatic hydroxyl groups is 1. The van der Waals surface area contributed by atoms with Crippen molar-refractivity contribution < 1.29 is 29.4 Å². The van der Waals surface area contributed by atoms with Crippen molar-refractivity contribution in [3.8, 4) is 5.75 Å². The monoisotopic (exact) mass is 549 g/mol. The first kappa shape index (κ1) is 33.2. The van der Waals surface area contributed by atoms with E-state index in [0.29, 0.717) is 31.4 Å². The van der Waals surface area contributed by atoms with Gasteiger partial charge in [0.25, 0.3) is 0 Å². The first-order valence-corrected chi connectivity index (χ1v) is 12.9. The normalized spacial score (nSPS) is 14.1. The van der Waals surface area contributed by atoms with Crippen molar-refractivity contribution in [2.45, 2.75) is 77.5 Å². The van der Waals surface area contributed by atoms with E-state index in [0.717, 1.165) is 0 Å². The predicted molar refractivity (Wildman–Crippen MR) is 147 cm³/mol. The average Bonchev–Trinajstić information content (AvgIpc) is 2.84. The molecule has 11 N–H and O–H groups in total. The molecule has 1 rings (SSSR count). The molecule has 4 atom stereocenters. The van der Waals surface area contributed by atoms with Gasteiger partial charge in [0.2, 0.25) is 17.7 Å². The van der Waals surface area contributed by atoms with Crippen LogP contribution in [-0.2, 0) is 25.6 Å². The third-order valence-corrected chi connectivity index (χ3v) is 5.88. The number of nitrogens with two attached hydrogens (primary N) is 3. The minimum absolute atomic E-state index is 0.0206. The first-order valence-electron chi connectivity index (χ1n) is 12.9. The summed E-state index contributed by atoms with van der Waals surface area (Å²) in [6.45, 7) is 7.50. The van der Waals surface area contributed by atoms with Gasteiger partial charge in [-0.15, -0.1) is 0 Å². The summed E-state index contributed by atoms with van der Waals surface area (Å²) in [5.74, 6) is -3.39. The number of rotatable bonds is 16. The molecule has 1 aromatic rings. The van der Waals surface area contributed by atoms with Crippen LogP contribution in [0.3, 0.4) is 0 Å². The lowest BCUT2D eigenvalue weighted by Crippen LogP contribution is -2.58. The lowest BCUT2D eigenvalue weighted by molar-refractivity contribution is -0.142. The molecule has 0 aromatic heterocycles. The number of benzene rings is 1. The van der Waals surface area contributed by atoms with Crippen molar-refractivity contribution in [2.24, 2.45) is 34.0 Å². The summed E-state index contributed by atoms with van der Waals surface area (Å²) in [5, 5.41) is 26.9. The molecule has 0 aliphatic heterocycles. The molecule has 13 nitrogen and oxygen atoms in total. The molecule has 13 heteroatoms. The Morgan fingerprint density at radius 3 is 2.00 bits per heavy atom. The molecular weight excluding hydrogens is 506 g/mol. The highest BCUT2D eigenvalue weighted by molar-refractivity contribution is 5.94. The number of carboxylic acid groups (broad SMARTS) is 1. The smallest absolute Gasteiger partial charge is 0.326 e. The maximum atomic E-state index is 13.2. The number of amides is 3. The average molecular weight is 550 g/mol. The van der Waals surface area contributed by atoms with Gasteiger partial charge < -0.3 is 43.4 Å². The van der Waals surface area contributed by atoms with Gasteiger partial charge in [-0.1, -0.05) is 39.8 Å². The van der Waals surface area contributed by atoms with Gasteiger partial charge in [-0.05, 0) is 48.8 Å². The summed E-state index contributed by atoms with van der Waals surface area (Å²) < 4.78 is 0. The molecule has 0 bridgehead atoms. The number of phenols is 1. The topological polar surface area (TPSA) is 235 Å². The van der Waals surface area contributed by atoms with Gasteiger partial charge in [0.15, 0.2) is 5.96 Å². The van der Waals surface area contributed by atoms with Crippen LogP contribution in [-0.4, -0.2) is 70.6 Å². The van der Waals surface area contributed by atoms with Crippen LogP contribution in [0.4, 0.5) is 0 Å². The molecule has 39 heavy (non-hydrogen) atoms. The van der Waals surface area contributed by atoms with Gasteiger partial charge in [0.1, 0.15) is 23.9 Å². The quantitative estimate of drug-likeness (QED) is 0.0756. The number of nitrogens with one attached hydrogen (secondary N) is 3. The zero-order valence-corrected chi connectivity index (χ0v) is 23.0. The fraction of sp³-hybridized carbons (Fsp3) is 0.577. The number of carbonyl (C=O) groups excluding carboxylic acids is 3. The van der Waals surface area contributed by atoms with E-state index in [2.05, 4.69) is 20.9 Å². The first-order chi connectivity index (χ1) is 18.2. The van der Waals surface area contributed by atoms with Crippen molar-refractivity contribution in [3.63, 3.8) is 0 Å². The SMILES string of the molecule is CC(C)CC(NC(=O)C(N)CCCN=C(N)N)C(=O)NC(C(=O)NC(Cc1ccc(O)cc1)C(=O)O)C(C)C. The van der Waals surface area contributed by atoms with Crippen LogP contribution in [0.25, 0.3) is 0 Å². The number of nitrogens with zero attached hydrogens (tertiary/aromatic N) is 1. The predicted octanol–water partition coefficient (Wildman–Crippen LogP) is -0.443. The number of aliphatic carboxylic acids is 1. The van der Waals surface area contributed by atoms with E-state index >= 15 is 0 Å². The second-order valence-corrected chi connectivity index (χ2v) is 10.2. The second kappa shape index (κ2) is 16.2. The van der Waals surface area contributed by atoms with Crippen molar-refractivity contribution in [1.82, 2.24) is 16.0 Å². The van der Waals surface area contributed by atoms with E-state index in [-0.39, 0.29) is 30.0 Å². The van der Waals surface area contributed by atoms with Crippen LogP contribution in [0.5, 0.6) is 5.75 Å². The molecule has 0 radical (unpaired) electrons. The summed E-state index contributed by atoms with van der Waals surface area (Å²) in [4.78, 5) is 54.6. The van der Waals surface area contributed by atoms with Crippen molar-refractivity contribution in [1.29, 1.82) is 0 Å². The Balaban J connectivity index is 2.91. The lowest BCUT2D eigenvalue weighted by Gasteiger charge is -2.27. The van der Waals surface area contributed by atoms with Gasteiger partial charge >= 0.3 is 5.97 Å². The molecule has 218 valence electrons. The highest BCUT2D eigenvalue weighted by Crippen LogP contribution is 2.13. The largest absolute Gasteiger partial charge is 0.508 e. The van der Waals surface area contributed by atoms with Gasteiger partial charge in [0.05, 0.1) is 6.04 Å². The van der Waals surface area contributed by atoms with Crippen molar-refractivity contribution in [3.05, 3.63) is 29.8 Å². The molecule has 4 unspecified atom stereocenters. The van der Waals surface area contributed by atoms with Gasteiger partial charge in [-0.2, -0.15) is 0 Å². The molecular formula is C26H43N7O6. The number of hydrogen-bond donors (Lipinski definition) is 8. The lowest BCUT2D eigenvalue weighted by atomic mass is 9.98. The fourth-order valence-corrected chi connectivity index (χ4v) is 3.75. The summed E-state index contributed by atoms with van der Waals surface area (Å²) in [7, 11) is 0. The minimum Gasteiger partial charge on any atom is -0.508 e. The van der Waals surface area contributed by atoms with E-state index in [4.69, 9.17) is 17.2 Å². The van der Waals surface area contributed by atoms with E-state index in [9.17, 15) is 29.4 Å². The number of carboxylic acids is 1. The molecule has 0 fully saturated rings. The van der Waals surface area contributed by atoms with E-state index < -0.39 is 47.9 Å². The Kier molecular flexibility index (Phi) is 13.7. The third kappa shape index (κ3) is 12.5. The molecule has 0 aliphatic rings. The standard InChI is InChI=1S/C26H43N7O6/c1-14(2)12-19(31-22(35)18(27)6-5-11-30-26(28)29)23(36)33-21(15(3)4)24(37)32-20(25(38)39)13-16-7-9-17(34)10-8-16/h7-10,14-15,18-21,34H,5-6,11-13,27H2,1-4H3,(H,31,35)(H,32,37)(H,33,36)(H,38,39)(H4,28,29,30). The maximum absolute atomic E-state index is 13.2. The highest BCUT2D eigenvalue weighted by atomic mass is 16.4. The van der Waals surface area contributed by atoms with Crippen LogP contribution < -0.4 is 33.2 Å². The van der Waals surface area contributed by atoms with Gasteiger partial charge in [-0.3, -0.25) is 19.4 Å². The molecule has 0 aliphatic carbocycles. The van der Waals surface area contributed by atoms with Gasteiger partial charge in [-0.25, -0.2) is 4.79 Å². The van der Waals surface area contributed by atoms with Gasteiger partial charge in [0, 0.05) is 13.0 Å². The van der Waals surface area contributed by atoms with Crippen molar-refractivity contribution >= 4 is 29.7 Å². The van der Waals surface area contributed by atoms with E-state index in [1.54, 1.807) is 26.0 Å². The zero-order valence-electron chi connectivity index (χ0n) is 23.0. The third-order valence-electron chi connectivity index (χ3n) is 5.88. The number of phenolic OH excluding ortho intramolecular Hbond substituents is 1. The van der Waals surface area contributed by atoms with Crippen LogP contribution in [0, 0.1) is 11.8 Å². The molecule has 0 heterocycles. The Hall–Kier alpha value is -3.87. The number of aliphatic imine (C=N–C) groups is 1.